The van der Waals surface area contributed by atoms with Crippen molar-refractivity contribution in [2.24, 2.45) is 0 Å². The number of fused-ring (bicyclic) bond motifs is 2. The van der Waals surface area contributed by atoms with E-state index >= 15 is 0 Å². The van der Waals surface area contributed by atoms with E-state index in [0.29, 0.717) is 0 Å². The normalized spacial score (nSPS) is 17.9. The molecule has 4 aromatic rings. The first-order chi connectivity index (χ1) is 24.9. The van der Waals surface area contributed by atoms with Crippen LogP contribution in [0.25, 0.3) is 34.4 Å². The third-order valence-electron chi connectivity index (χ3n) is 12.6. The van der Waals surface area contributed by atoms with Crippen LogP contribution < -0.4 is 10.4 Å². The number of unbranched alkanes of at least 4 members (excludes halogenated alkanes) is 2. The zero-order valence-corrected chi connectivity index (χ0v) is 40.4. The van der Waals surface area contributed by atoms with Gasteiger partial charge in [-0.3, -0.25) is 0 Å². The molecule has 0 bridgehead atoms. The summed E-state index contributed by atoms with van der Waals surface area (Å²) in [5.41, 5.74) is 16.4. The average Bonchev–Trinajstić information content (AvgIpc) is 3.72. The topological polar surface area (TPSA) is 0 Å². The molecule has 0 saturated heterocycles. The van der Waals surface area contributed by atoms with Crippen LogP contribution in [0.1, 0.15) is 99.9 Å². The summed E-state index contributed by atoms with van der Waals surface area (Å²) in [4.78, 5) is 0. The Balaban J connectivity index is 1.57. The molecule has 2 atom stereocenters. The summed E-state index contributed by atoms with van der Waals surface area (Å²) in [6.45, 7) is 26.1. The first-order valence-electron chi connectivity index (χ1n) is 20.4. The number of aryl methyl sites for hydroxylation is 2. The summed E-state index contributed by atoms with van der Waals surface area (Å²) in [5.74, 6) is 0. The standard InChI is InChI=1S/2C23H29Si.C2H5.2ClH.Zr/c2*1-6-7-8-18-15-22-17(2)9-14-21(23(22)16-18)19-10-12-20(13-11-19)24(3,4)5;1-2;;;/h2*9-16H,6-8H2,1-5H3;1H2,2H3;2*1H;/q;;;;;+2/p-2. The molecule has 0 aliphatic heterocycles. The van der Waals surface area contributed by atoms with E-state index < -0.39 is 32.5 Å². The zero-order valence-electron chi connectivity index (χ0n) is 34.4. The second-order valence-electron chi connectivity index (χ2n) is 18.4. The van der Waals surface area contributed by atoms with Crippen LogP contribution in [-0.2, 0) is 16.4 Å². The Morgan fingerprint density at radius 3 is 1.19 bits per heavy atom. The van der Waals surface area contributed by atoms with E-state index in [4.69, 9.17) is 17.0 Å². The minimum absolute atomic E-state index is 0.0765. The Morgan fingerprint density at radius 1 is 0.528 bits per heavy atom. The van der Waals surface area contributed by atoms with E-state index in [-0.39, 0.29) is 7.25 Å². The number of rotatable bonds is 13. The Morgan fingerprint density at radius 2 is 0.887 bits per heavy atom. The maximum absolute atomic E-state index is 8.78. The molecule has 0 fully saturated rings. The summed E-state index contributed by atoms with van der Waals surface area (Å²) < 4.78 is 0.995. The van der Waals surface area contributed by atoms with Crippen molar-refractivity contribution < 1.29 is 16.4 Å². The molecular formula is C48H63Cl2Si2Zr. The van der Waals surface area contributed by atoms with Crippen molar-refractivity contribution in [2.75, 3.05) is 0 Å². The van der Waals surface area contributed by atoms with E-state index in [0.717, 1.165) is 42.7 Å². The predicted octanol–water partition coefficient (Wildman–Crippen LogP) is 15.1. The SMILES string of the molecule is CCCCC1=Cc2c(-c3ccc([Si](C)(C)C)cc3)ccc(C)c2[CH]1[Zr]([Cl])([Cl])([CH2]C)[CH]1C(CCCC)=Cc2c(-c3ccc([Si](C)(C)C)cc3)ccc(C)c21. The van der Waals surface area contributed by atoms with Gasteiger partial charge < -0.3 is 0 Å². The third kappa shape index (κ3) is 7.58. The van der Waals surface area contributed by atoms with Crippen molar-refractivity contribution in [1.29, 1.82) is 0 Å². The van der Waals surface area contributed by atoms with Crippen molar-refractivity contribution in [3.63, 3.8) is 0 Å². The van der Waals surface area contributed by atoms with Crippen LogP contribution >= 0.6 is 17.0 Å². The number of hydrogen-bond acceptors (Lipinski definition) is 0. The molecule has 0 aromatic heterocycles. The molecule has 2 unspecified atom stereocenters. The Labute approximate surface area is 332 Å². The maximum atomic E-state index is 8.78. The average molecular weight is 858 g/mol. The fourth-order valence-corrected chi connectivity index (χ4v) is 30.1. The second kappa shape index (κ2) is 15.3. The Bertz CT molecular complexity index is 1910. The fraction of sp³-hybridized carbons (Fsp3) is 0.417. The molecule has 53 heavy (non-hydrogen) atoms. The van der Waals surface area contributed by atoms with Gasteiger partial charge in [-0.05, 0) is 0 Å². The van der Waals surface area contributed by atoms with Crippen molar-refractivity contribution in [2.45, 2.75) is 124 Å². The van der Waals surface area contributed by atoms with E-state index in [1.54, 1.807) is 0 Å². The molecular weight excluding hydrogens is 795 g/mol. The molecule has 2 aliphatic rings. The van der Waals surface area contributed by atoms with Gasteiger partial charge in [-0.2, -0.15) is 0 Å². The van der Waals surface area contributed by atoms with Gasteiger partial charge in [-0.1, -0.05) is 0 Å². The summed E-state index contributed by atoms with van der Waals surface area (Å²) in [7, 11) is 14.7. The van der Waals surface area contributed by atoms with Gasteiger partial charge in [0.2, 0.25) is 0 Å². The van der Waals surface area contributed by atoms with Crippen LogP contribution in [0.3, 0.4) is 0 Å². The molecule has 5 heteroatoms. The number of benzene rings is 4. The van der Waals surface area contributed by atoms with Crippen LogP contribution in [-0.4, -0.2) is 16.1 Å². The van der Waals surface area contributed by atoms with Gasteiger partial charge in [0.15, 0.2) is 0 Å². The molecule has 281 valence electrons. The minimum atomic E-state index is -4.96. The van der Waals surface area contributed by atoms with Gasteiger partial charge >= 0.3 is 335 Å². The Hall–Kier alpha value is -1.74. The molecule has 0 nitrogen and oxygen atoms in total. The van der Waals surface area contributed by atoms with Gasteiger partial charge in [-0.25, -0.2) is 0 Å². The van der Waals surface area contributed by atoms with Gasteiger partial charge in [-0.15, -0.1) is 0 Å². The number of allylic oxidation sites excluding steroid dienone is 2. The molecule has 0 heterocycles. The second-order valence-corrected chi connectivity index (χ2v) is 51.5. The first-order valence-corrected chi connectivity index (χ1v) is 38.3. The van der Waals surface area contributed by atoms with E-state index in [1.165, 1.54) is 77.2 Å². The van der Waals surface area contributed by atoms with Crippen molar-refractivity contribution in [1.82, 2.24) is 0 Å². The van der Waals surface area contributed by atoms with Gasteiger partial charge in [0.1, 0.15) is 0 Å². The van der Waals surface area contributed by atoms with Crippen LogP contribution in [0.15, 0.2) is 83.9 Å². The van der Waals surface area contributed by atoms with Gasteiger partial charge in [0.05, 0.1) is 0 Å². The van der Waals surface area contributed by atoms with E-state index in [2.05, 4.69) is 159 Å². The molecule has 0 amide bonds. The van der Waals surface area contributed by atoms with Crippen molar-refractivity contribution >= 4 is 55.7 Å². The van der Waals surface area contributed by atoms with Crippen LogP contribution in [0.2, 0.25) is 43.4 Å². The molecule has 0 radical (unpaired) electrons. The monoisotopic (exact) mass is 855 g/mol. The van der Waals surface area contributed by atoms with Crippen LogP contribution in [0.5, 0.6) is 0 Å². The summed E-state index contributed by atoms with van der Waals surface area (Å²) >= 11 is -4.96. The summed E-state index contributed by atoms with van der Waals surface area (Å²) in [6.07, 6.45) is 11.8. The third-order valence-corrected chi connectivity index (χ3v) is 37.4. The summed E-state index contributed by atoms with van der Waals surface area (Å²) in [6, 6.07) is 28.4. The molecule has 0 spiro atoms. The molecule has 2 aliphatic carbocycles. The van der Waals surface area contributed by atoms with E-state index in [1.807, 2.05) is 0 Å². The molecule has 4 aromatic carbocycles. The molecule has 0 N–H and O–H groups in total. The fourth-order valence-electron chi connectivity index (χ4n) is 9.39. The number of hydrogen-bond donors (Lipinski definition) is 0. The van der Waals surface area contributed by atoms with Gasteiger partial charge in [0.25, 0.3) is 0 Å². The zero-order chi connectivity index (χ0) is 38.5. The first kappa shape index (κ1) is 40.9. The molecule has 0 saturated carbocycles. The summed E-state index contributed by atoms with van der Waals surface area (Å²) in [5, 5.41) is 2.99. The van der Waals surface area contributed by atoms with Crippen molar-refractivity contribution in [3.05, 3.63) is 117 Å². The Kier molecular flexibility index (Phi) is 11.8. The quantitative estimate of drug-likeness (QED) is 0.118. The van der Waals surface area contributed by atoms with Crippen LogP contribution in [0, 0.1) is 13.8 Å². The number of halogens is 2. The van der Waals surface area contributed by atoms with Crippen LogP contribution in [0.4, 0.5) is 0 Å². The predicted molar refractivity (Wildman–Crippen MR) is 242 cm³/mol. The molecule has 6 rings (SSSR count). The van der Waals surface area contributed by atoms with Gasteiger partial charge in [0, 0.05) is 0 Å². The van der Waals surface area contributed by atoms with E-state index in [9.17, 15) is 0 Å². The van der Waals surface area contributed by atoms with Crippen molar-refractivity contribution in [3.8, 4) is 22.3 Å².